The van der Waals surface area contributed by atoms with Gasteiger partial charge in [0.2, 0.25) is 0 Å². The van der Waals surface area contributed by atoms with E-state index in [-0.39, 0.29) is 24.6 Å². The molecule has 1 fully saturated rings. The second-order valence-corrected chi connectivity index (χ2v) is 8.15. The van der Waals surface area contributed by atoms with Crippen molar-refractivity contribution in [2.75, 3.05) is 37.5 Å². The second kappa shape index (κ2) is 8.96. The number of hydrogen-bond donors (Lipinski definition) is 2. The van der Waals surface area contributed by atoms with Gasteiger partial charge in [-0.05, 0) is 42.8 Å². The Morgan fingerprint density at radius 1 is 1.16 bits per heavy atom. The van der Waals surface area contributed by atoms with E-state index in [0.29, 0.717) is 24.3 Å². The van der Waals surface area contributed by atoms with Crippen LogP contribution in [0.25, 0.3) is 0 Å². The molecule has 1 saturated heterocycles. The summed E-state index contributed by atoms with van der Waals surface area (Å²) >= 11 is 0. The highest BCUT2D eigenvalue weighted by Gasteiger charge is 2.50. The number of nitrogens with zero attached hydrogens (tertiary/aromatic N) is 2. The number of carbonyl (C=O) groups is 2. The van der Waals surface area contributed by atoms with Crippen molar-refractivity contribution in [3.63, 3.8) is 0 Å². The molecule has 0 radical (unpaired) electrons. The summed E-state index contributed by atoms with van der Waals surface area (Å²) in [6.07, 6.45) is 0.685. The van der Waals surface area contributed by atoms with Crippen molar-refractivity contribution in [1.29, 1.82) is 0 Å². The number of benzene rings is 2. The number of carbonyl (C=O) groups excluding carboxylic acids is 2. The third kappa shape index (κ3) is 4.57. The third-order valence-electron chi connectivity index (χ3n) is 5.61. The lowest BCUT2D eigenvalue weighted by molar-refractivity contribution is -0.128. The van der Waals surface area contributed by atoms with Crippen molar-refractivity contribution in [2.45, 2.75) is 24.5 Å². The molecule has 0 bridgehead atoms. The summed E-state index contributed by atoms with van der Waals surface area (Å²) in [5, 5.41) is 9.63. The Morgan fingerprint density at radius 2 is 1.97 bits per heavy atom. The van der Waals surface area contributed by atoms with Crippen LogP contribution in [0, 0.1) is 5.82 Å². The van der Waals surface area contributed by atoms with E-state index >= 15 is 0 Å². The smallest absolute Gasteiger partial charge is 0.273 e. The minimum atomic E-state index is -0.971. The Labute approximate surface area is 185 Å². The van der Waals surface area contributed by atoms with Gasteiger partial charge in [0.25, 0.3) is 11.8 Å². The minimum Gasteiger partial charge on any atom is -0.384 e. The average molecular weight is 440 g/mol. The van der Waals surface area contributed by atoms with Crippen molar-refractivity contribution in [3.8, 4) is 0 Å². The van der Waals surface area contributed by atoms with Gasteiger partial charge >= 0.3 is 0 Å². The number of oxime groups is 1. The molecule has 2 aromatic carbocycles. The second-order valence-electron chi connectivity index (χ2n) is 8.15. The molecule has 0 saturated carbocycles. The molecule has 2 atom stereocenters. The average Bonchev–Trinajstić information content (AvgIpc) is 3.20. The molecule has 1 spiro atoms. The van der Waals surface area contributed by atoms with Crippen LogP contribution >= 0.6 is 0 Å². The number of hydrogen-bond acceptors (Lipinski definition) is 6. The number of amides is 2. The Bertz CT molecular complexity index is 1060. The number of ether oxygens (including phenoxy) is 1. The third-order valence-corrected chi connectivity index (χ3v) is 5.61. The van der Waals surface area contributed by atoms with Crippen LogP contribution in [0.15, 0.2) is 53.7 Å². The van der Waals surface area contributed by atoms with E-state index in [1.807, 2.05) is 37.2 Å². The van der Waals surface area contributed by atoms with Crippen molar-refractivity contribution in [3.05, 3.63) is 59.9 Å². The predicted molar refractivity (Wildman–Crippen MR) is 118 cm³/mol. The summed E-state index contributed by atoms with van der Waals surface area (Å²) in [4.78, 5) is 33.2. The molecule has 4 rings (SSSR count). The van der Waals surface area contributed by atoms with Crippen LogP contribution in [0.1, 0.15) is 23.2 Å². The van der Waals surface area contributed by atoms with Gasteiger partial charge in [-0.1, -0.05) is 17.3 Å². The molecule has 2 amide bonds. The first kappa shape index (κ1) is 21.8. The van der Waals surface area contributed by atoms with Crippen molar-refractivity contribution >= 4 is 28.9 Å². The molecule has 9 heteroatoms. The van der Waals surface area contributed by atoms with Gasteiger partial charge in [0, 0.05) is 44.1 Å². The lowest BCUT2D eigenvalue weighted by Crippen LogP contribution is -2.58. The summed E-state index contributed by atoms with van der Waals surface area (Å²) in [6.45, 7) is 0.647. The normalized spacial score (nSPS) is 22.1. The number of rotatable bonds is 5. The predicted octanol–water partition coefficient (Wildman–Crippen LogP) is 2.56. The topological polar surface area (TPSA) is 92.3 Å². The fraction of sp³-hybridized carbons (Fsp3) is 0.348. The van der Waals surface area contributed by atoms with E-state index in [1.54, 1.807) is 12.1 Å². The zero-order chi connectivity index (χ0) is 22.7. The van der Waals surface area contributed by atoms with Crippen LogP contribution in [0.3, 0.4) is 0 Å². The SMILES string of the molecule is CN(C)c1cccc(C(=O)N[C@H]2CCOC[C@@]23CC(C(=O)Nc2cccc(F)c2)=NO3)c1. The fourth-order valence-corrected chi connectivity index (χ4v) is 3.83. The zero-order valence-corrected chi connectivity index (χ0v) is 17.9. The van der Waals surface area contributed by atoms with Gasteiger partial charge in [-0.25, -0.2) is 4.39 Å². The molecule has 0 aromatic heterocycles. The molecule has 32 heavy (non-hydrogen) atoms. The van der Waals surface area contributed by atoms with E-state index in [0.717, 1.165) is 5.69 Å². The molecule has 2 aromatic rings. The van der Waals surface area contributed by atoms with Crippen molar-refractivity contribution in [2.24, 2.45) is 5.16 Å². The zero-order valence-electron chi connectivity index (χ0n) is 17.9. The maximum absolute atomic E-state index is 13.4. The van der Waals surface area contributed by atoms with E-state index in [4.69, 9.17) is 9.57 Å². The van der Waals surface area contributed by atoms with Gasteiger partial charge in [-0.2, -0.15) is 0 Å². The van der Waals surface area contributed by atoms with Crippen LogP contribution in [0.4, 0.5) is 15.8 Å². The van der Waals surface area contributed by atoms with Crippen LogP contribution in [-0.4, -0.2) is 56.5 Å². The molecular formula is C23H25FN4O4. The Balaban J connectivity index is 1.45. The minimum absolute atomic E-state index is 0.161. The number of anilines is 2. The van der Waals surface area contributed by atoms with Gasteiger partial charge < -0.3 is 25.1 Å². The highest BCUT2D eigenvalue weighted by molar-refractivity contribution is 6.43. The monoisotopic (exact) mass is 440 g/mol. The first-order valence-corrected chi connectivity index (χ1v) is 10.3. The summed E-state index contributed by atoms with van der Waals surface area (Å²) in [5.74, 6) is -1.17. The maximum atomic E-state index is 13.4. The van der Waals surface area contributed by atoms with Gasteiger partial charge in [-0.3, -0.25) is 9.59 Å². The molecule has 2 aliphatic heterocycles. The Hall–Kier alpha value is -3.46. The lowest BCUT2D eigenvalue weighted by atomic mass is 9.85. The highest BCUT2D eigenvalue weighted by Crippen LogP contribution is 2.33. The quantitative estimate of drug-likeness (QED) is 0.746. The molecular weight excluding hydrogens is 415 g/mol. The van der Waals surface area contributed by atoms with Gasteiger partial charge in [0.05, 0.1) is 12.6 Å². The van der Waals surface area contributed by atoms with E-state index in [1.165, 1.54) is 18.2 Å². The van der Waals surface area contributed by atoms with Crippen LogP contribution < -0.4 is 15.5 Å². The lowest BCUT2D eigenvalue weighted by Gasteiger charge is -2.38. The van der Waals surface area contributed by atoms with E-state index in [9.17, 15) is 14.0 Å². The summed E-state index contributed by atoms with van der Waals surface area (Å²) in [5.41, 5.74) is 0.955. The van der Waals surface area contributed by atoms with Crippen LogP contribution in [0.5, 0.6) is 0 Å². The first-order valence-electron chi connectivity index (χ1n) is 10.3. The molecule has 8 nitrogen and oxygen atoms in total. The van der Waals surface area contributed by atoms with Crippen LogP contribution in [0.2, 0.25) is 0 Å². The van der Waals surface area contributed by atoms with Gasteiger partial charge in [0.15, 0.2) is 5.60 Å². The molecule has 168 valence electrons. The largest absolute Gasteiger partial charge is 0.384 e. The van der Waals surface area contributed by atoms with Gasteiger partial charge in [-0.15, -0.1) is 0 Å². The fourth-order valence-electron chi connectivity index (χ4n) is 3.83. The van der Waals surface area contributed by atoms with E-state index in [2.05, 4.69) is 15.8 Å². The highest BCUT2D eigenvalue weighted by atomic mass is 19.1. The van der Waals surface area contributed by atoms with Crippen molar-refractivity contribution < 1.29 is 23.6 Å². The molecule has 0 unspecified atom stereocenters. The van der Waals surface area contributed by atoms with Crippen LogP contribution in [-0.2, 0) is 14.4 Å². The Kier molecular flexibility index (Phi) is 6.09. The Morgan fingerprint density at radius 3 is 2.75 bits per heavy atom. The number of nitrogens with one attached hydrogen (secondary N) is 2. The summed E-state index contributed by atoms with van der Waals surface area (Å²) in [7, 11) is 3.81. The summed E-state index contributed by atoms with van der Waals surface area (Å²) in [6, 6.07) is 12.5. The molecule has 2 heterocycles. The first-order chi connectivity index (χ1) is 15.4. The standard InChI is InChI=1S/C23H25FN4O4/c1-28(2)18-8-3-5-15(11-18)21(29)26-20-9-10-31-14-23(20)13-19(27-32-23)22(30)25-17-7-4-6-16(24)12-17/h3-8,11-12,20H,9-10,13-14H2,1-2H3,(H,25,30)(H,26,29)/t20-,23-/m0/s1. The maximum Gasteiger partial charge on any atom is 0.273 e. The molecule has 2 aliphatic rings. The van der Waals surface area contributed by atoms with E-state index < -0.39 is 23.4 Å². The summed E-state index contributed by atoms with van der Waals surface area (Å²) < 4.78 is 19.0. The number of halogens is 1. The molecule has 0 aliphatic carbocycles. The van der Waals surface area contributed by atoms with Gasteiger partial charge in [0.1, 0.15) is 11.5 Å². The van der Waals surface area contributed by atoms with Crippen molar-refractivity contribution in [1.82, 2.24) is 5.32 Å². The molecule has 2 N–H and O–H groups in total.